The molecule has 1 N–H and O–H groups in total. The van der Waals surface area contributed by atoms with Gasteiger partial charge in [0.15, 0.2) is 5.96 Å². The summed E-state index contributed by atoms with van der Waals surface area (Å²) in [5, 5.41) is 3.43. The van der Waals surface area contributed by atoms with Crippen LogP contribution in [-0.4, -0.2) is 73.2 Å². The molecule has 2 fully saturated rings. The molecule has 2 aromatic rings. The number of morpholine rings is 1. The van der Waals surface area contributed by atoms with Crippen LogP contribution in [0.3, 0.4) is 0 Å². The van der Waals surface area contributed by atoms with E-state index >= 15 is 0 Å². The number of likely N-dealkylation sites (tertiary alicyclic amines) is 1. The minimum absolute atomic E-state index is 0.340. The van der Waals surface area contributed by atoms with Gasteiger partial charge < -0.3 is 19.7 Å². The predicted molar refractivity (Wildman–Crippen MR) is 113 cm³/mol. The standard InChI is InChI=1S/C22H28FN5O2/c1-24-22(28-9-7-19(16-28)27-10-12-29-13-11-27)26-15-17-4-3-8-25-21(17)30-20-6-2-5-18(23)14-20/h2-6,8,14,19H,7,9-13,15-16H2,1H3,(H,24,26). The van der Waals surface area contributed by atoms with Gasteiger partial charge in [0.25, 0.3) is 0 Å². The zero-order chi connectivity index (χ0) is 20.8. The Labute approximate surface area is 176 Å². The first-order valence-electron chi connectivity index (χ1n) is 10.4. The molecule has 1 unspecified atom stereocenters. The predicted octanol–water partition coefficient (Wildman–Crippen LogP) is 2.49. The first-order valence-corrected chi connectivity index (χ1v) is 10.4. The van der Waals surface area contributed by atoms with Crippen molar-refractivity contribution in [2.75, 3.05) is 46.4 Å². The van der Waals surface area contributed by atoms with E-state index < -0.39 is 0 Å². The molecule has 0 spiro atoms. The molecule has 160 valence electrons. The summed E-state index contributed by atoms with van der Waals surface area (Å²) in [5.74, 6) is 1.41. The third-order valence-electron chi connectivity index (χ3n) is 5.53. The molecule has 2 aliphatic rings. The van der Waals surface area contributed by atoms with Crippen LogP contribution >= 0.6 is 0 Å². The summed E-state index contributed by atoms with van der Waals surface area (Å²) >= 11 is 0. The average Bonchev–Trinajstić information content (AvgIpc) is 3.26. The molecule has 1 atom stereocenters. The molecule has 7 nitrogen and oxygen atoms in total. The molecule has 3 heterocycles. The van der Waals surface area contributed by atoms with Crippen molar-refractivity contribution in [3.05, 3.63) is 54.0 Å². The molecule has 0 saturated carbocycles. The number of pyridine rings is 1. The SMILES string of the molecule is CN=C(NCc1cccnc1Oc1cccc(F)c1)N1CCC(N2CCOCC2)C1. The van der Waals surface area contributed by atoms with Gasteiger partial charge in [-0.15, -0.1) is 0 Å². The van der Waals surface area contributed by atoms with Crippen molar-refractivity contribution < 1.29 is 13.9 Å². The highest BCUT2D eigenvalue weighted by Crippen LogP contribution is 2.23. The van der Waals surface area contributed by atoms with E-state index in [-0.39, 0.29) is 5.82 Å². The van der Waals surface area contributed by atoms with Crippen LogP contribution in [0.15, 0.2) is 47.6 Å². The van der Waals surface area contributed by atoms with Crippen molar-refractivity contribution >= 4 is 5.96 Å². The normalized spacial score (nSPS) is 20.4. The van der Waals surface area contributed by atoms with Crippen molar-refractivity contribution in [1.82, 2.24) is 20.1 Å². The Bertz CT molecular complexity index is 872. The molecule has 1 aromatic heterocycles. The number of hydrogen-bond acceptors (Lipinski definition) is 5. The highest BCUT2D eigenvalue weighted by atomic mass is 19.1. The number of ether oxygens (including phenoxy) is 2. The van der Waals surface area contributed by atoms with E-state index in [0.29, 0.717) is 24.2 Å². The van der Waals surface area contributed by atoms with Crippen LogP contribution in [0.25, 0.3) is 0 Å². The van der Waals surface area contributed by atoms with Crippen molar-refractivity contribution in [1.29, 1.82) is 0 Å². The van der Waals surface area contributed by atoms with Crippen LogP contribution in [0.5, 0.6) is 11.6 Å². The molecule has 2 aliphatic heterocycles. The maximum absolute atomic E-state index is 13.5. The lowest BCUT2D eigenvalue weighted by molar-refractivity contribution is 0.0195. The summed E-state index contributed by atoms with van der Waals surface area (Å²) < 4.78 is 24.8. The van der Waals surface area contributed by atoms with Crippen LogP contribution < -0.4 is 10.1 Å². The zero-order valence-electron chi connectivity index (χ0n) is 17.3. The molecular weight excluding hydrogens is 385 g/mol. The van der Waals surface area contributed by atoms with Crippen molar-refractivity contribution in [2.45, 2.75) is 19.0 Å². The van der Waals surface area contributed by atoms with Crippen LogP contribution in [-0.2, 0) is 11.3 Å². The van der Waals surface area contributed by atoms with E-state index in [4.69, 9.17) is 9.47 Å². The summed E-state index contributed by atoms with van der Waals surface area (Å²) in [4.78, 5) is 13.6. The van der Waals surface area contributed by atoms with Crippen LogP contribution in [0.4, 0.5) is 4.39 Å². The molecule has 0 aliphatic carbocycles. The van der Waals surface area contributed by atoms with Gasteiger partial charge in [0.1, 0.15) is 11.6 Å². The van der Waals surface area contributed by atoms with Crippen LogP contribution in [0.2, 0.25) is 0 Å². The lowest BCUT2D eigenvalue weighted by atomic mass is 10.2. The molecule has 0 amide bonds. The molecule has 4 rings (SSSR count). The van der Waals surface area contributed by atoms with E-state index in [2.05, 4.69) is 25.1 Å². The number of halogens is 1. The number of hydrogen-bond donors (Lipinski definition) is 1. The second-order valence-electron chi connectivity index (χ2n) is 7.46. The van der Waals surface area contributed by atoms with Gasteiger partial charge in [-0.25, -0.2) is 9.37 Å². The molecule has 1 aromatic carbocycles. The fourth-order valence-corrected chi connectivity index (χ4v) is 3.97. The van der Waals surface area contributed by atoms with Gasteiger partial charge in [-0.3, -0.25) is 9.89 Å². The minimum Gasteiger partial charge on any atom is -0.439 e. The molecule has 8 heteroatoms. The second kappa shape index (κ2) is 9.86. The fraction of sp³-hybridized carbons (Fsp3) is 0.455. The number of nitrogens with zero attached hydrogens (tertiary/aromatic N) is 4. The molecule has 2 saturated heterocycles. The number of aromatic nitrogens is 1. The summed E-state index contributed by atoms with van der Waals surface area (Å²) in [6.07, 6.45) is 2.79. The topological polar surface area (TPSA) is 62.2 Å². The zero-order valence-corrected chi connectivity index (χ0v) is 17.3. The van der Waals surface area contributed by atoms with Crippen molar-refractivity contribution in [3.8, 4) is 11.6 Å². The third kappa shape index (κ3) is 5.06. The maximum Gasteiger partial charge on any atom is 0.224 e. The Morgan fingerprint density at radius 1 is 1.27 bits per heavy atom. The molecular formula is C22H28FN5O2. The van der Waals surface area contributed by atoms with E-state index in [0.717, 1.165) is 57.3 Å². The summed E-state index contributed by atoms with van der Waals surface area (Å²) in [6.45, 7) is 6.09. The Morgan fingerprint density at radius 3 is 2.93 bits per heavy atom. The number of guanidine groups is 1. The minimum atomic E-state index is -0.340. The first kappa shape index (κ1) is 20.6. The first-order chi connectivity index (χ1) is 14.7. The van der Waals surface area contributed by atoms with Crippen molar-refractivity contribution in [3.63, 3.8) is 0 Å². The van der Waals surface area contributed by atoms with Gasteiger partial charge in [0, 0.05) is 63.6 Å². The Kier molecular flexibility index (Phi) is 6.76. The fourth-order valence-electron chi connectivity index (χ4n) is 3.97. The highest BCUT2D eigenvalue weighted by Gasteiger charge is 2.30. The van der Waals surface area contributed by atoms with Crippen LogP contribution in [0, 0.1) is 5.82 Å². The average molecular weight is 413 g/mol. The lowest BCUT2D eigenvalue weighted by Crippen LogP contribution is -2.46. The van der Waals surface area contributed by atoms with Gasteiger partial charge in [-0.05, 0) is 24.6 Å². The van der Waals surface area contributed by atoms with Gasteiger partial charge in [-0.2, -0.15) is 0 Å². The largest absolute Gasteiger partial charge is 0.439 e. The van der Waals surface area contributed by atoms with Gasteiger partial charge >= 0.3 is 0 Å². The molecule has 0 radical (unpaired) electrons. The van der Waals surface area contributed by atoms with Crippen molar-refractivity contribution in [2.24, 2.45) is 4.99 Å². The van der Waals surface area contributed by atoms with Gasteiger partial charge in [0.2, 0.25) is 5.88 Å². The number of rotatable bonds is 5. The molecule has 30 heavy (non-hydrogen) atoms. The Balaban J connectivity index is 1.37. The van der Waals surface area contributed by atoms with E-state index in [1.165, 1.54) is 12.1 Å². The Morgan fingerprint density at radius 2 is 2.13 bits per heavy atom. The lowest BCUT2D eigenvalue weighted by Gasteiger charge is -2.32. The van der Waals surface area contributed by atoms with E-state index in [1.807, 2.05) is 12.1 Å². The summed E-state index contributed by atoms with van der Waals surface area (Å²) in [7, 11) is 1.80. The third-order valence-corrected chi connectivity index (χ3v) is 5.53. The van der Waals surface area contributed by atoms with Gasteiger partial charge in [0.05, 0.1) is 13.2 Å². The molecule has 0 bridgehead atoms. The number of benzene rings is 1. The second-order valence-corrected chi connectivity index (χ2v) is 7.46. The smallest absolute Gasteiger partial charge is 0.224 e. The van der Waals surface area contributed by atoms with E-state index in [1.54, 1.807) is 25.4 Å². The summed E-state index contributed by atoms with van der Waals surface area (Å²) in [6, 6.07) is 10.4. The number of nitrogens with one attached hydrogen (secondary N) is 1. The highest BCUT2D eigenvalue weighted by molar-refractivity contribution is 5.80. The number of aliphatic imine (C=N–C) groups is 1. The monoisotopic (exact) mass is 413 g/mol. The quantitative estimate of drug-likeness (QED) is 0.600. The van der Waals surface area contributed by atoms with Gasteiger partial charge in [-0.1, -0.05) is 12.1 Å². The van der Waals surface area contributed by atoms with Crippen LogP contribution in [0.1, 0.15) is 12.0 Å². The Hall–Kier alpha value is -2.71. The maximum atomic E-state index is 13.5. The summed E-state index contributed by atoms with van der Waals surface area (Å²) in [5.41, 5.74) is 0.881. The van der Waals surface area contributed by atoms with E-state index in [9.17, 15) is 4.39 Å².